The highest BCUT2D eigenvalue weighted by Gasteiger charge is 2.26. The summed E-state index contributed by atoms with van der Waals surface area (Å²) in [5.41, 5.74) is 0. The molecule has 2 N–H and O–H groups in total. The van der Waals surface area contributed by atoms with E-state index >= 15 is 0 Å². The summed E-state index contributed by atoms with van der Waals surface area (Å²) >= 11 is 1.92. The molecular formula is C14H26N2O2S. The number of carbonyl (C=O) groups is 1. The van der Waals surface area contributed by atoms with Gasteiger partial charge < -0.3 is 15.3 Å². The molecule has 1 aliphatic heterocycles. The van der Waals surface area contributed by atoms with Crippen molar-refractivity contribution in [1.82, 2.24) is 10.2 Å². The van der Waals surface area contributed by atoms with Crippen molar-refractivity contribution >= 4 is 17.8 Å². The number of hydrogen-bond acceptors (Lipinski definition) is 3. The average Bonchev–Trinajstić information content (AvgIpc) is 2.42. The van der Waals surface area contributed by atoms with Gasteiger partial charge in [0.05, 0.1) is 6.10 Å². The molecule has 2 rings (SSSR count). The Bertz CT molecular complexity index is 295. The maximum absolute atomic E-state index is 12.1. The summed E-state index contributed by atoms with van der Waals surface area (Å²) in [5, 5.41) is 13.1. The van der Waals surface area contributed by atoms with Crippen LogP contribution in [0.25, 0.3) is 0 Å². The van der Waals surface area contributed by atoms with Gasteiger partial charge in [-0.3, -0.25) is 0 Å². The van der Waals surface area contributed by atoms with Crippen molar-refractivity contribution in [3.63, 3.8) is 0 Å². The Morgan fingerprint density at radius 1 is 1.32 bits per heavy atom. The van der Waals surface area contributed by atoms with Gasteiger partial charge in [-0.1, -0.05) is 12.8 Å². The third-order valence-electron chi connectivity index (χ3n) is 4.21. The molecule has 1 saturated heterocycles. The van der Waals surface area contributed by atoms with Gasteiger partial charge >= 0.3 is 6.03 Å². The third-order valence-corrected chi connectivity index (χ3v) is 5.43. The first-order chi connectivity index (χ1) is 9.16. The summed E-state index contributed by atoms with van der Waals surface area (Å²) < 4.78 is 0. The molecule has 0 spiro atoms. The molecule has 19 heavy (non-hydrogen) atoms. The van der Waals surface area contributed by atoms with Gasteiger partial charge in [-0.25, -0.2) is 4.79 Å². The lowest BCUT2D eigenvalue weighted by molar-refractivity contribution is 0.0563. The number of nitrogens with one attached hydrogen (secondary N) is 1. The molecule has 1 saturated carbocycles. The van der Waals surface area contributed by atoms with Crippen LogP contribution in [-0.4, -0.2) is 53.3 Å². The highest BCUT2D eigenvalue weighted by Crippen LogP contribution is 2.25. The van der Waals surface area contributed by atoms with Crippen LogP contribution < -0.4 is 5.32 Å². The molecule has 2 fully saturated rings. The molecule has 0 bridgehead atoms. The van der Waals surface area contributed by atoms with Crippen LogP contribution in [0.5, 0.6) is 0 Å². The molecular weight excluding hydrogens is 260 g/mol. The number of nitrogens with zero attached hydrogens (tertiary/aromatic N) is 1. The van der Waals surface area contributed by atoms with E-state index in [0.29, 0.717) is 12.6 Å². The van der Waals surface area contributed by atoms with Crippen LogP contribution in [0.2, 0.25) is 0 Å². The number of urea groups is 1. The highest BCUT2D eigenvalue weighted by atomic mass is 32.2. The summed E-state index contributed by atoms with van der Waals surface area (Å²) in [6.07, 6.45) is 6.29. The van der Waals surface area contributed by atoms with E-state index in [1.807, 2.05) is 18.8 Å². The molecule has 0 aromatic rings. The highest BCUT2D eigenvalue weighted by molar-refractivity contribution is 7.99. The fraction of sp³-hybridized carbons (Fsp3) is 0.929. The van der Waals surface area contributed by atoms with E-state index < -0.39 is 0 Å². The summed E-state index contributed by atoms with van der Waals surface area (Å²) in [5.74, 6) is 2.51. The standard InChI is InChI=1S/C14H26N2O2S/c1-16(9-11-5-2-3-7-13(11)17)14(18)15-12-6-4-8-19-10-12/h11-13,17H,2-10H2,1H3,(H,15,18). The monoisotopic (exact) mass is 286 g/mol. The third kappa shape index (κ3) is 4.56. The first-order valence-electron chi connectivity index (χ1n) is 7.44. The molecule has 1 heterocycles. The van der Waals surface area contributed by atoms with Gasteiger partial charge in [0, 0.05) is 31.3 Å². The minimum Gasteiger partial charge on any atom is -0.393 e. The Labute approximate surface area is 120 Å². The second-order valence-corrected chi connectivity index (χ2v) is 7.01. The fourth-order valence-electron chi connectivity index (χ4n) is 2.98. The zero-order valence-electron chi connectivity index (χ0n) is 11.8. The average molecular weight is 286 g/mol. The number of aliphatic hydroxyl groups is 1. The van der Waals surface area contributed by atoms with Gasteiger partial charge in [0.25, 0.3) is 0 Å². The van der Waals surface area contributed by atoms with Crippen molar-refractivity contribution in [2.75, 3.05) is 25.1 Å². The van der Waals surface area contributed by atoms with Crippen LogP contribution in [0.3, 0.4) is 0 Å². The van der Waals surface area contributed by atoms with Gasteiger partial charge in [-0.2, -0.15) is 11.8 Å². The molecule has 0 radical (unpaired) electrons. The molecule has 1 aliphatic carbocycles. The number of thioether (sulfide) groups is 1. The normalized spacial score (nSPS) is 31.8. The van der Waals surface area contributed by atoms with Gasteiger partial charge in [-0.05, 0) is 31.4 Å². The number of hydrogen-bond donors (Lipinski definition) is 2. The Balaban J connectivity index is 1.74. The zero-order chi connectivity index (χ0) is 13.7. The van der Waals surface area contributed by atoms with Gasteiger partial charge in [0.2, 0.25) is 0 Å². The number of rotatable bonds is 3. The van der Waals surface area contributed by atoms with Crippen LogP contribution in [0.1, 0.15) is 38.5 Å². The molecule has 4 nitrogen and oxygen atoms in total. The number of amides is 2. The van der Waals surface area contributed by atoms with E-state index in [-0.39, 0.29) is 18.1 Å². The van der Waals surface area contributed by atoms with Gasteiger partial charge in [-0.15, -0.1) is 0 Å². The minimum absolute atomic E-state index is 0.0188. The van der Waals surface area contributed by atoms with E-state index in [2.05, 4.69) is 5.32 Å². The number of aliphatic hydroxyl groups excluding tert-OH is 1. The quantitative estimate of drug-likeness (QED) is 0.835. The predicted molar refractivity (Wildman–Crippen MR) is 79.5 cm³/mol. The van der Waals surface area contributed by atoms with Crippen LogP contribution in [0.4, 0.5) is 4.79 Å². The minimum atomic E-state index is -0.228. The van der Waals surface area contributed by atoms with E-state index in [9.17, 15) is 9.90 Å². The lowest BCUT2D eigenvalue weighted by Crippen LogP contribution is -2.47. The van der Waals surface area contributed by atoms with Crippen molar-refractivity contribution < 1.29 is 9.90 Å². The van der Waals surface area contributed by atoms with Crippen molar-refractivity contribution in [2.24, 2.45) is 5.92 Å². The van der Waals surface area contributed by atoms with Gasteiger partial charge in [0.1, 0.15) is 0 Å². The van der Waals surface area contributed by atoms with Crippen LogP contribution in [0, 0.1) is 5.92 Å². The van der Waals surface area contributed by atoms with E-state index in [1.54, 1.807) is 4.90 Å². The predicted octanol–water partition coefficient (Wildman–Crippen LogP) is 2.07. The topological polar surface area (TPSA) is 52.6 Å². The summed E-state index contributed by atoms with van der Waals surface area (Å²) in [6, 6.07) is 0.343. The molecule has 110 valence electrons. The second-order valence-electron chi connectivity index (χ2n) is 5.86. The molecule has 2 amide bonds. The second kappa shape index (κ2) is 7.39. The summed E-state index contributed by atoms with van der Waals surface area (Å²) in [6.45, 7) is 0.673. The lowest BCUT2D eigenvalue weighted by atomic mass is 9.86. The molecule has 2 aliphatic rings. The van der Waals surface area contributed by atoms with Gasteiger partial charge in [0.15, 0.2) is 0 Å². The Hall–Kier alpha value is -0.420. The zero-order valence-corrected chi connectivity index (χ0v) is 12.6. The summed E-state index contributed by atoms with van der Waals surface area (Å²) in [7, 11) is 1.84. The molecule has 3 atom stereocenters. The molecule has 0 aromatic heterocycles. The van der Waals surface area contributed by atoms with Crippen LogP contribution in [0.15, 0.2) is 0 Å². The summed E-state index contributed by atoms with van der Waals surface area (Å²) in [4.78, 5) is 13.9. The van der Waals surface area contributed by atoms with E-state index in [1.165, 1.54) is 18.6 Å². The Morgan fingerprint density at radius 2 is 2.11 bits per heavy atom. The first-order valence-corrected chi connectivity index (χ1v) is 8.59. The largest absolute Gasteiger partial charge is 0.393 e. The lowest BCUT2D eigenvalue weighted by Gasteiger charge is -2.32. The van der Waals surface area contributed by atoms with Crippen LogP contribution in [-0.2, 0) is 0 Å². The Morgan fingerprint density at radius 3 is 2.79 bits per heavy atom. The van der Waals surface area contributed by atoms with Crippen molar-refractivity contribution in [3.05, 3.63) is 0 Å². The maximum Gasteiger partial charge on any atom is 0.317 e. The van der Waals surface area contributed by atoms with Crippen LogP contribution >= 0.6 is 11.8 Å². The first kappa shape index (κ1) is 15.0. The molecule has 5 heteroatoms. The Kier molecular flexibility index (Phi) is 5.82. The van der Waals surface area contributed by atoms with E-state index in [0.717, 1.165) is 31.4 Å². The maximum atomic E-state index is 12.1. The molecule has 3 unspecified atom stereocenters. The van der Waals surface area contributed by atoms with Crippen molar-refractivity contribution in [2.45, 2.75) is 50.7 Å². The van der Waals surface area contributed by atoms with Crippen molar-refractivity contribution in [3.8, 4) is 0 Å². The SMILES string of the molecule is CN(CC1CCCCC1O)C(=O)NC1CCCSC1. The van der Waals surface area contributed by atoms with Crippen molar-refractivity contribution in [1.29, 1.82) is 0 Å². The fourth-order valence-corrected chi connectivity index (χ4v) is 4.05. The molecule has 0 aromatic carbocycles. The number of carbonyl (C=O) groups excluding carboxylic acids is 1. The van der Waals surface area contributed by atoms with E-state index in [4.69, 9.17) is 0 Å². The smallest absolute Gasteiger partial charge is 0.317 e.